The molecular weight excluding hydrogens is 180 g/mol. The number of ether oxygens (including phenoxy) is 1. The van der Waals surface area contributed by atoms with Crippen LogP contribution in [0.4, 0.5) is 0 Å². The lowest BCUT2D eigenvalue weighted by molar-refractivity contribution is -0.143. The van der Waals surface area contributed by atoms with E-state index in [2.05, 4.69) is 10.6 Å². The average molecular weight is 200 g/mol. The van der Waals surface area contributed by atoms with E-state index in [0.717, 1.165) is 19.5 Å². The summed E-state index contributed by atoms with van der Waals surface area (Å²) in [6.45, 7) is 2.13. The third kappa shape index (κ3) is 3.27. The fourth-order valence-electron chi connectivity index (χ4n) is 1.93. The van der Waals surface area contributed by atoms with Crippen LogP contribution in [0.15, 0.2) is 0 Å². The van der Waals surface area contributed by atoms with E-state index in [0.29, 0.717) is 5.92 Å². The number of carbonyl (C=O) groups excluding carboxylic acids is 1. The van der Waals surface area contributed by atoms with Crippen LogP contribution < -0.4 is 10.6 Å². The van der Waals surface area contributed by atoms with Crippen molar-refractivity contribution in [1.82, 2.24) is 10.6 Å². The number of rotatable bonds is 4. The summed E-state index contributed by atoms with van der Waals surface area (Å²) in [5.74, 6) is 0.443. The Hall–Kier alpha value is -0.610. The zero-order chi connectivity index (χ0) is 10.4. The van der Waals surface area contributed by atoms with Crippen molar-refractivity contribution < 1.29 is 9.53 Å². The Bertz CT molecular complexity index is 179. The summed E-state index contributed by atoms with van der Waals surface area (Å²) >= 11 is 0. The quantitative estimate of drug-likeness (QED) is 0.634. The van der Waals surface area contributed by atoms with Gasteiger partial charge in [0.1, 0.15) is 6.04 Å². The van der Waals surface area contributed by atoms with E-state index in [1.54, 1.807) is 7.05 Å². The number of esters is 1. The molecule has 1 fully saturated rings. The topological polar surface area (TPSA) is 50.4 Å². The van der Waals surface area contributed by atoms with E-state index >= 15 is 0 Å². The molecule has 0 saturated carbocycles. The normalized spacial score (nSPS) is 24.3. The van der Waals surface area contributed by atoms with Crippen LogP contribution in [0, 0.1) is 5.92 Å². The highest BCUT2D eigenvalue weighted by molar-refractivity contribution is 5.75. The average Bonchev–Trinajstić information content (AvgIpc) is 2.26. The first-order valence-corrected chi connectivity index (χ1v) is 5.23. The van der Waals surface area contributed by atoms with Gasteiger partial charge < -0.3 is 15.4 Å². The highest BCUT2D eigenvalue weighted by Crippen LogP contribution is 2.16. The Balaban J connectivity index is 2.34. The molecule has 4 nitrogen and oxygen atoms in total. The van der Waals surface area contributed by atoms with Gasteiger partial charge in [-0.2, -0.15) is 0 Å². The zero-order valence-electron chi connectivity index (χ0n) is 9.01. The minimum absolute atomic E-state index is 0.148. The van der Waals surface area contributed by atoms with Gasteiger partial charge in [0.25, 0.3) is 0 Å². The number of methoxy groups -OCH3 is 1. The fraction of sp³-hybridized carbons (Fsp3) is 0.900. The van der Waals surface area contributed by atoms with Crippen molar-refractivity contribution in [2.75, 3.05) is 27.2 Å². The second kappa shape index (κ2) is 5.98. The van der Waals surface area contributed by atoms with E-state index in [1.165, 1.54) is 20.0 Å². The van der Waals surface area contributed by atoms with Gasteiger partial charge in [-0.1, -0.05) is 0 Å². The predicted molar refractivity (Wildman–Crippen MR) is 55.1 cm³/mol. The Kier molecular flexibility index (Phi) is 4.90. The van der Waals surface area contributed by atoms with Crippen molar-refractivity contribution in [3.63, 3.8) is 0 Å². The molecule has 2 atom stereocenters. The molecule has 0 bridgehead atoms. The fourth-order valence-corrected chi connectivity index (χ4v) is 1.93. The summed E-state index contributed by atoms with van der Waals surface area (Å²) in [6, 6.07) is -0.148. The van der Waals surface area contributed by atoms with Gasteiger partial charge in [0.2, 0.25) is 0 Å². The van der Waals surface area contributed by atoms with Gasteiger partial charge in [-0.15, -0.1) is 0 Å². The number of nitrogens with one attached hydrogen (secondary N) is 2. The molecule has 0 amide bonds. The minimum atomic E-state index is -0.155. The van der Waals surface area contributed by atoms with Crippen LogP contribution in [0.5, 0.6) is 0 Å². The smallest absolute Gasteiger partial charge is 0.322 e. The standard InChI is InChI=1S/C10H20N2O2/c1-11-9(10(13)14-2)6-8-4-3-5-12-7-8/h8-9,11-12H,3-7H2,1-2H3/t8-,9-/m0/s1. The molecule has 0 aromatic heterocycles. The monoisotopic (exact) mass is 200 g/mol. The SMILES string of the molecule is CN[C@@H](C[C@@H]1CCCNC1)C(=O)OC. The van der Waals surface area contributed by atoms with Gasteiger partial charge in [-0.25, -0.2) is 0 Å². The first-order chi connectivity index (χ1) is 6.77. The number of carbonyl (C=O) groups is 1. The molecule has 0 unspecified atom stereocenters. The minimum Gasteiger partial charge on any atom is -0.468 e. The summed E-state index contributed by atoms with van der Waals surface area (Å²) < 4.78 is 4.72. The zero-order valence-corrected chi connectivity index (χ0v) is 9.01. The van der Waals surface area contributed by atoms with Crippen LogP contribution in [0.3, 0.4) is 0 Å². The van der Waals surface area contributed by atoms with Gasteiger partial charge in [0.15, 0.2) is 0 Å². The molecule has 0 aliphatic carbocycles. The Morgan fingerprint density at radius 3 is 3.00 bits per heavy atom. The highest BCUT2D eigenvalue weighted by Gasteiger charge is 2.23. The van der Waals surface area contributed by atoms with Crippen LogP contribution in [-0.2, 0) is 9.53 Å². The lowest BCUT2D eigenvalue weighted by atomic mass is 9.92. The van der Waals surface area contributed by atoms with Crippen molar-refractivity contribution in [1.29, 1.82) is 0 Å². The van der Waals surface area contributed by atoms with Crippen molar-refractivity contribution >= 4 is 5.97 Å². The second-order valence-corrected chi connectivity index (χ2v) is 3.81. The van der Waals surface area contributed by atoms with Crippen LogP contribution in [0.1, 0.15) is 19.3 Å². The molecule has 1 aliphatic rings. The van der Waals surface area contributed by atoms with E-state index in [9.17, 15) is 4.79 Å². The van der Waals surface area contributed by atoms with Crippen molar-refractivity contribution in [3.8, 4) is 0 Å². The van der Waals surface area contributed by atoms with Gasteiger partial charge in [-0.05, 0) is 45.3 Å². The third-order valence-electron chi connectivity index (χ3n) is 2.80. The van der Waals surface area contributed by atoms with Crippen LogP contribution in [0.2, 0.25) is 0 Å². The van der Waals surface area contributed by atoms with E-state index in [-0.39, 0.29) is 12.0 Å². The van der Waals surface area contributed by atoms with E-state index < -0.39 is 0 Å². The highest BCUT2D eigenvalue weighted by atomic mass is 16.5. The lowest BCUT2D eigenvalue weighted by Gasteiger charge is -2.25. The van der Waals surface area contributed by atoms with Crippen LogP contribution in [-0.4, -0.2) is 39.3 Å². The molecule has 1 aliphatic heterocycles. The summed E-state index contributed by atoms with van der Waals surface area (Å²) in [4.78, 5) is 11.3. The van der Waals surface area contributed by atoms with Crippen molar-refractivity contribution in [2.45, 2.75) is 25.3 Å². The first-order valence-electron chi connectivity index (χ1n) is 5.23. The maximum Gasteiger partial charge on any atom is 0.322 e. The molecule has 2 N–H and O–H groups in total. The number of hydrogen-bond donors (Lipinski definition) is 2. The van der Waals surface area contributed by atoms with Crippen molar-refractivity contribution in [3.05, 3.63) is 0 Å². The molecule has 0 aromatic carbocycles. The third-order valence-corrected chi connectivity index (χ3v) is 2.80. The Labute approximate surface area is 85.4 Å². The largest absolute Gasteiger partial charge is 0.468 e. The Morgan fingerprint density at radius 1 is 1.71 bits per heavy atom. The summed E-state index contributed by atoms with van der Waals surface area (Å²) in [5, 5.41) is 6.34. The molecule has 1 saturated heterocycles. The van der Waals surface area contributed by atoms with Gasteiger partial charge in [0.05, 0.1) is 7.11 Å². The molecule has 0 spiro atoms. The maximum atomic E-state index is 11.3. The second-order valence-electron chi connectivity index (χ2n) is 3.81. The molecule has 1 heterocycles. The van der Waals surface area contributed by atoms with Gasteiger partial charge in [-0.3, -0.25) is 4.79 Å². The molecule has 4 heteroatoms. The van der Waals surface area contributed by atoms with Crippen LogP contribution in [0.25, 0.3) is 0 Å². The molecule has 0 aromatic rings. The summed E-state index contributed by atoms with van der Waals surface area (Å²) in [5.41, 5.74) is 0. The van der Waals surface area contributed by atoms with E-state index in [1.807, 2.05) is 0 Å². The first kappa shape index (κ1) is 11.5. The number of likely N-dealkylation sites (N-methyl/N-ethyl adjacent to an activating group) is 1. The van der Waals surface area contributed by atoms with Crippen LogP contribution >= 0.6 is 0 Å². The lowest BCUT2D eigenvalue weighted by Crippen LogP contribution is -2.40. The molecule has 1 rings (SSSR count). The molecule has 14 heavy (non-hydrogen) atoms. The molecular formula is C10H20N2O2. The number of piperidine rings is 1. The summed E-state index contributed by atoms with van der Waals surface area (Å²) in [6.07, 6.45) is 3.29. The van der Waals surface area contributed by atoms with Gasteiger partial charge in [0, 0.05) is 0 Å². The summed E-state index contributed by atoms with van der Waals surface area (Å²) in [7, 11) is 3.24. The Morgan fingerprint density at radius 2 is 2.50 bits per heavy atom. The number of hydrogen-bond acceptors (Lipinski definition) is 4. The molecule has 82 valence electrons. The van der Waals surface area contributed by atoms with Crippen molar-refractivity contribution in [2.24, 2.45) is 5.92 Å². The van der Waals surface area contributed by atoms with E-state index in [4.69, 9.17) is 4.74 Å². The predicted octanol–water partition coefficient (Wildman–Crippen LogP) is 0.137. The van der Waals surface area contributed by atoms with Gasteiger partial charge >= 0.3 is 5.97 Å². The molecule has 0 radical (unpaired) electrons. The maximum absolute atomic E-state index is 11.3.